The number of amides is 1. The van der Waals surface area contributed by atoms with Crippen molar-refractivity contribution in [2.45, 2.75) is 65.4 Å². The first-order chi connectivity index (χ1) is 16.7. The molecule has 0 spiro atoms. The Hall–Kier alpha value is -2.61. The molecule has 2 aliphatic rings. The Labute approximate surface area is 209 Å². The number of ether oxygens (including phenoxy) is 1. The number of benzene rings is 1. The average Bonchev–Trinajstić information content (AvgIpc) is 3.33. The van der Waals surface area contributed by atoms with Crippen LogP contribution in [-0.4, -0.2) is 77.4 Å². The van der Waals surface area contributed by atoms with Gasteiger partial charge in [-0.15, -0.1) is 0 Å². The van der Waals surface area contributed by atoms with E-state index in [-0.39, 0.29) is 12.0 Å². The molecule has 3 heterocycles. The molecule has 8 nitrogen and oxygen atoms in total. The number of nitrogens with zero attached hydrogens (tertiary/aromatic N) is 5. The fourth-order valence-corrected chi connectivity index (χ4v) is 4.73. The van der Waals surface area contributed by atoms with E-state index in [4.69, 9.17) is 9.26 Å². The van der Waals surface area contributed by atoms with E-state index in [9.17, 15) is 4.79 Å². The molecular formula is C27H41N5O3. The first kappa shape index (κ1) is 25.5. The Morgan fingerprint density at radius 2 is 1.71 bits per heavy atom. The van der Waals surface area contributed by atoms with Gasteiger partial charge in [0.25, 0.3) is 0 Å². The minimum atomic E-state index is -0.427. The van der Waals surface area contributed by atoms with Gasteiger partial charge in [-0.2, -0.15) is 4.98 Å². The summed E-state index contributed by atoms with van der Waals surface area (Å²) in [5, 5.41) is 4.11. The number of aromatic nitrogens is 2. The number of rotatable bonds is 6. The lowest BCUT2D eigenvalue weighted by molar-refractivity contribution is 0.0177. The first-order valence-corrected chi connectivity index (χ1v) is 13.1. The molecule has 0 unspecified atom stereocenters. The predicted octanol–water partition coefficient (Wildman–Crippen LogP) is 5.02. The Kier molecular flexibility index (Phi) is 7.99. The Morgan fingerprint density at radius 3 is 2.29 bits per heavy atom. The molecule has 0 N–H and O–H groups in total. The molecule has 1 aromatic heterocycles. The monoisotopic (exact) mass is 483 g/mol. The van der Waals surface area contributed by atoms with Gasteiger partial charge in [0.15, 0.2) is 0 Å². The highest BCUT2D eigenvalue weighted by molar-refractivity contribution is 5.68. The fraction of sp³-hybridized carbons (Fsp3) is 0.667. The number of carbonyl (C=O) groups excluding carboxylic acids is 1. The highest BCUT2D eigenvalue weighted by atomic mass is 16.6. The van der Waals surface area contributed by atoms with Gasteiger partial charge in [-0.05, 0) is 76.8 Å². The van der Waals surface area contributed by atoms with Crippen LogP contribution in [0.25, 0.3) is 11.4 Å². The quantitative estimate of drug-likeness (QED) is 0.571. The van der Waals surface area contributed by atoms with Crippen molar-refractivity contribution < 1.29 is 14.1 Å². The van der Waals surface area contributed by atoms with Crippen LogP contribution in [0.5, 0.6) is 0 Å². The van der Waals surface area contributed by atoms with E-state index in [0.29, 0.717) is 17.6 Å². The normalized spacial score (nSPS) is 18.3. The largest absolute Gasteiger partial charge is 0.444 e. The number of anilines is 1. The zero-order chi connectivity index (χ0) is 25.0. The van der Waals surface area contributed by atoms with Gasteiger partial charge in [-0.1, -0.05) is 19.0 Å². The molecule has 2 saturated heterocycles. The third-order valence-corrected chi connectivity index (χ3v) is 6.92. The van der Waals surface area contributed by atoms with Gasteiger partial charge < -0.3 is 19.1 Å². The molecule has 4 rings (SSSR count). The summed E-state index contributed by atoms with van der Waals surface area (Å²) >= 11 is 0. The Bertz CT molecular complexity index is 950. The summed E-state index contributed by atoms with van der Waals surface area (Å²) in [5.74, 6) is 2.26. The summed E-state index contributed by atoms with van der Waals surface area (Å²) in [7, 11) is 0. The van der Waals surface area contributed by atoms with E-state index >= 15 is 0 Å². The number of carbonyl (C=O) groups is 1. The minimum Gasteiger partial charge on any atom is -0.444 e. The number of piperidine rings is 1. The van der Waals surface area contributed by atoms with Crippen LogP contribution in [0.1, 0.15) is 65.7 Å². The standard InChI is InChI=1S/C27H41N5O3/c1-20(2)25-28-24(29-35-25)22-6-8-23(9-7-22)31-18-16-30(17-19-31)13-10-21-11-14-32(15-12-21)26(33)34-27(3,4)5/h6-9,20-21H,10-19H2,1-5H3. The SMILES string of the molecule is CC(C)c1nc(-c2ccc(N3CCN(CCC4CCN(C(=O)OC(C)(C)C)CC4)CC3)cc2)no1. The molecule has 0 atom stereocenters. The van der Waals surface area contributed by atoms with Crippen LogP contribution in [0.15, 0.2) is 28.8 Å². The van der Waals surface area contributed by atoms with Crippen LogP contribution in [0.3, 0.4) is 0 Å². The van der Waals surface area contributed by atoms with Gasteiger partial charge in [0.05, 0.1) is 0 Å². The van der Waals surface area contributed by atoms with Crippen molar-refractivity contribution in [1.29, 1.82) is 0 Å². The van der Waals surface area contributed by atoms with E-state index in [0.717, 1.165) is 64.2 Å². The number of likely N-dealkylation sites (tertiary alicyclic amines) is 1. The number of hydrogen-bond donors (Lipinski definition) is 0. The number of piperazine rings is 1. The van der Waals surface area contributed by atoms with Crippen molar-refractivity contribution in [3.8, 4) is 11.4 Å². The van der Waals surface area contributed by atoms with Crippen LogP contribution in [0.2, 0.25) is 0 Å². The zero-order valence-electron chi connectivity index (χ0n) is 22.0. The zero-order valence-corrected chi connectivity index (χ0v) is 22.0. The molecule has 8 heteroatoms. The third-order valence-electron chi connectivity index (χ3n) is 6.92. The van der Waals surface area contributed by atoms with E-state index in [1.807, 2.05) is 25.7 Å². The lowest BCUT2D eigenvalue weighted by Gasteiger charge is -2.38. The van der Waals surface area contributed by atoms with Gasteiger partial charge in [0.1, 0.15) is 5.60 Å². The van der Waals surface area contributed by atoms with Crippen LogP contribution in [0, 0.1) is 5.92 Å². The third kappa shape index (κ3) is 6.97. The maximum atomic E-state index is 12.3. The van der Waals surface area contributed by atoms with E-state index in [1.54, 1.807) is 0 Å². The van der Waals surface area contributed by atoms with Gasteiger partial charge in [0.2, 0.25) is 11.7 Å². The summed E-state index contributed by atoms with van der Waals surface area (Å²) in [4.78, 5) is 23.7. The lowest BCUT2D eigenvalue weighted by Crippen LogP contribution is -2.47. The lowest BCUT2D eigenvalue weighted by atomic mass is 9.93. The second-order valence-corrected chi connectivity index (χ2v) is 11.2. The molecule has 0 aliphatic carbocycles. The van der Waals surface area contributed by atoms with Crippen LogP contribution in [-0.2, 0) is 4.74 Å². The molecule has 2 fully saturated rings. The molecule has 1 amide bonds. The average molecular weight is 484 g/mol. The molecule has 0 bridgehead atoms. The highest BCUT2D eigenvalue weighted by Crippen LogP contribution is 2.25. The van der Waals surface area contributed by atoms with Crippen molar-refractivity contribution in [3.63, 3.8) is 0 Å². The Balaban J connectivity index is 1.17. The van der Waals surface area contributed by atoms with Crippen LogP contribution < -0.4 is 4.90 Å². The van der Waals surface area contributed by atoms with E-state index < -0.39 is 5.60 Å². The minimum absolute atomic E-state index is 0.169. The predicted molar refractivity (Wildman–Crippen MR) is 138 cm³/mol. The van der Waals surface area contributed by atoms with E-state index in [2.05, 4.69) is 58.1 Å². The van der Waals surface area contributed by atoms with Gasteiger partial charge in [-0.25, -0.2) is 4.79 Å². The van der Waals surface area contributed by atoms with Gasteiger partial charge >= 0.3 is 6.09 Å². The van der Waals surface area contributed by atoms with Crippen LogP contribution >= 0.6 is 0 Å². The maximum absolute atomic E-state index is 12.3. The van der Waals surface area contributed by atoms with Crippen molar-refractivity contribution >= 4 is 11.8 Å². The van der Waals surface area contributed by atoms with E-state index in [1.165, 1.54) is 12.1 Å². The van der Waals surface area contributed by atoms with Crippen molar-refractivity contribution in [3.05, 3.63) is 30.2 Å². The molecular weight excluding hydrogens is 442 g/mol. The van der Waals surface area contributed by atoms with Crippen molar-refractivity contribution in [2.24, 2.45) is 5.92 Å². The molecule has 2 aliphatic heterocycles. The second-order valence-electron chi connectivity index (χ2n) is 11.2. The summed E-state index contributed by atoms with van der Waals surface area (Å²) in [6.07, 6.45) is 3.19. The smallest absolute Gasteiger partial charge is 0.410 e. The first-order valence-electron chi connectivity index (χ1n) is 13.1. The fourth-order valence-electron chi connectivity index (χ4n) is 4.73. The summed E-state index contributed by atoms with van der Waals surface area (Å²) < 4.78 is 10.9. The van der Waals surface area contributed by atoms with Gasteiger partial charge in [-0.3, -0.25) is 4.90 Å². The summed E-state index contributed by atoms with van der Waals surface area (Å²) in [6.45, 7) is 16.9. The Morgan fingerprint density at radius 1 is 1.06 bits per heavy atom. The number of hydrogen-bond acceptors (Lipinski definition) is 7. The molecule has 0 radical (unpaired) electrons. The van der Waals surface area contributed by atoms with Crippen molar-refractivity contribution in [2.75, 3.05) is 50.7 Å². The van der Waals surface area contributed by atoms with Crippen molar-refractivity contribution in [1.82, 2.24) is 19.9 Å². The summed E-state index contributed by atoms with van der Waals surface area (Å²) in [6, 6.07) is 8.49. The molecule has 2 aromatic rings. The molecule has 1 aromatic carbocycles. The maximum Gasteiger partial charge on any atom is 0.410 e. The molecule has 192 valence electrons. The van der Waals surface area contributed by atoms with Gasteiger partial charge in [0, 0.05) is 56.4 Å². The molecule has 0 saturated carbocycles. The topological polar surface area (TPSA) is 74.9 Å². The van der Waals surface area contributed by atoms with Crippen LogP contribution in [0.4, 0.5) is 10.5 Å². The molecule has 35 heavy (non-hydrogen) atoms. The summed E-state index contributed by atoms with van der Waals surface area (Å²) in [5.41, 5.74) is 1.81. The highest BCUT2D eigenvalue weighted by Gasteiger charge is 2.27. The second kappa shape index (κ2) is 11.0.